The summed E-state index contributed by atoms with van der Waals surface area (Å²) in [6.07, 6.45) is -20.9. The van der Waals surface area contributed by atoms with Gasteiger partial charge in [0, 0.05) is 35.4 Å². The van der Waals surface area contributed by atoms with Gasteiger partial charge in [0.1, 0.15) is 109 Å². The molecule has 0 saturated carbocycles. The van der Waals surface area contributed by atoms with E-state index in [4.69, 9.17) is 47.4 Å². The fourth-order valence-electron chi connectivity index (χ4n) is 8.46. The number of carbonyl (C=O) groups is 2. The van der Waals surface area contributed by atoms with Gasteiger partial charge in [0.05, 0.1) is 13.7 Å². The minimum atomic E-state index is -2.11. The summed E-state index contributed by atoms with van der Waals surface area (Å²) in [6.45, 7) is -2.28. The normalized spacial score (nSPS) is 32.3. The Kier molecular flexibility index (Phi) is 17.9. The highest BCUT2D eigenvalue weighted by molar-refractivity contribution is 5.87. The van der Waals surface area contributed by atoms with Gasteiger partial charge in [-0.05, 0) is 77.9 Å². The maximum absolute atomic E-state index is 13.0. The van der Waals surface area contributed by atoms with Crippen LogP contribution >= 0.6 is 0 Å². The molecule has 3 aromatic rings. The van der Waals surface area contributed by atoms with E-state index in [1.54, 1.807) is 0 Å². The Bertz CT molecular complexity index is 2750. The van der Waals surface area contributed by atoms with Gasteiger partial charge in [-0.2, -0.15) is 0 Å². The first-order chi connectivity index (χ1) is 36.8. The molecule has 4 heterocycles. The summed E-state index contributed by atoms with van der Waals surface area (Å²) < 4.78 is 58.1. The Morgan fingerprint density at radius 1 is 0.597 bits per heavy atom. The minimum Gasteiger partial charge on any atom is -0.508 e. The molecule has 77 heavy (non-hydrogen) atoms. The molecule has 5 aliphatic rings. The summed E-state index contributed by atoms with van der Waals surface area (Å²) in [4.78, 5) is 25.7. The van der Waals surface area contributed by atoms with Crippen LogP contribution in [0.15, 0.2) is 120 Å². The zero-order chi connectivity index (χ0) is 55.2. The van der Waals surface area contributed by atoms with Crippen LogP contribution in [0, 0.1) is 0 Å². The fourth-order valence-corrected chi connectivity index (χ4v) is 8.46. The lowest BCUT2D eigenvalue weighted by Gasteiger charge is -2.46. The molecule has 0 bridgehead atoms. The molecule has 1 aliphatic carbocycles. The number of methoxy groups -OCH3 is 1. The first-order valence-corrected chi connectivity index (χ1v) is 23.7. The lowest BCUT2D eigenvalue weighted by atomic mass is 9.96. The largest absolute Gasteiger partial charge is 0.508 e. The zero-order valence-electron chi connectivity index (χ0n) is 40.5. The number of carbonyl (C=O) groups excluding carboxylic acids is 2. The number of fused-ring (bicyclic) bond motifs is 1. The van der Waals surface area contributed by atoms with E-state index >= 15 is 0 Å². The summed E-state index contributed by atoms with van der Waals surface area (Å²) in [7, 11) is 1.33. The number of aliphatic hydroxyl groups is 10. The topological polar surface area (TPSA) is 389 Å². The molecule has 25 heteroatoms. The van der Waals surface area contributed by atoms with Crippen LogP contribution in [0.1, 0.15) is 16.7 Å². The Balaban J connectivity index is 1.10. The molecule has 16 atom stereocenters. The maximum Gasteiger partial charge on any atom is 0.330 e. The Hall–Kier alpha value is -7.08. The molecule has 25 nitrogen and oxygen atoms in total. The predicted octanol–water partition coefficient (Wildman–Crippen LogP) is -0.869. The van der Waals surface area contributed by atoms with Gasteiger partial charge >= 0.3 is 11.9 Å². The van der Waals surface area contributed by atoms with Gasteiger partial charge in [0.25, 0.3) is 0 Å². The molecule has 13 N–H and O–H groups in total. The van der Waals surface area contributed by atoms with Crippen molar-refractivity contribution < 1.29 is 123 Å². The Labute approximate surface area is 437 Å². The predicted molar refractivity (Wildman–Crippen MR) is 258 cm³/mol. The van der Waals surface area contributed by atoms with Gasteiger partial charge in [-0.15, -0.1) is 0 Å². The van der Waals surface area contributed by atoms with Gasteiger partial charge in [0.15, 0.2) is 35.4 Å². The molecule has 0 amide bonds. The summed E-state index contributed by atoms with van der Waals surface area (Å²) in [5.41, 5.74) is 1.18. The van der Waals surface area contributed by atoms with Crippen LogP contribution in [-0.4, -0.2) is 203 Å². The van der Waals surface area contributed by atoms with E-state index in [2.05, 4.69) is 0 Å². The number of hydrogen-bond acceptors (Lipinski definition) is 25. The first-order valence-electron chi connectivity index (χ1n) is 23.7. The SMILES string of the molecule is COc1cc(/C=C/C(=O)OC[C@H]2O[C@@H](OC3=C(c4ccc(O)cc4)OC4C=C(O)C=C(O[C@@H]5O[C@H](CO)[C@@H](O)[C@H](O)[C@H]5O)C4=C3)[C@H](O[C@@H]3O[C@H](COC(=O)/C=C/c4ccc(O)cc4)[C@@H](O)[C@H](O)[C@H]3O)[C@@H](O)[C@@H]2O)ccc1O. The van der Waals surface area contributed by atoms with E-state index in [1.165, 1.54) is 98.1 Å². The Morgan fingerprint density at radius 2 is 1.14 bits per heavy atom. The van der Waals surface area contributed by atoms with Crippen molar-refractivity contribution >= 4 is 29.8 Å². The average Bonchev–Trinajstić information content (AvgIpc) is 3.46. The third-order valence-electron chi connectivity index (χ3n) is 12.7. The van der Waals surface area contributed by atoms with Gasteiger partial charge in [0.2, 0.25) is 12.6 Å². The second kappa shape index (κ2) is 24.5. The highest BCUT2D eigenvalue weighted by Crippen LogP contribution is 2.41. The van der Waals surface area contributed by atoms with Crippen molar-refractivity contribution in [3.8, 4) is 23.0 Å². The van der Waals surface area contributed by atoms with Gasteiger partial charge in [-0.25, -0.2) is 9.59 Å². The summed E-state index contributed by atoms with van der Waals surface area (Å²) in [5.74, 6) is -3.24. The van der Waals surface area contributed by atoms with Crippen LogP contribution in [0.4, 0.5) is 0 Å². The van der Waals surface area contributed by atoms with E-state index in [0.717, 1.165) is 18.2 Å². The highest BCUT2D eigenvalue weighted by atomic mass is 16.8. The molecule has 3 saturated heterocycles. The van der Waals surface area contributed by atoms with E-state index in [1.807, 2.05) is 0 Å². The number of phenolic OH excluding ortho intramolecular Hbond substituents is 3. The van der Waals surface area contributed by atoms with Crippen LogP contribution in [0.5, 0.6) is 23.0 Å². The molecule has 0 spiro atoms. The van der Waals surface area contributed by atoms with Crippen LogP contribution in [0.2, 0.25) is 0 Å². The molecule has 0 radical (unpaired) electrons. The van der Waals surface area contributed by atoms with Crippen molar-refractivity contribution in [2.75, 3.05) is 26.9 Å². The number of benzene rings is 3. The van der Waals surface area contributed by atoms with Crippen LogP contribution < -0.4 is 4.74 Å². The van der Waals surface area contributed by atoms with Gasteiger partial charge in [-0.1, -0.05) is 18.2 Å². The monoisotopic (exact) mass is 1080 g/mol. The first kappa shape index (κ1) is 56.1. The van der Waals surface area contributed by atoms with E-state index in [-0.39, 0.29) is 51.4 Å². The third kappa shape index (κ3) is 13.0. The summed E-state index contributed by atoms with van der Waals surface area (Å²) >= 11 is 0. The van der Waals surface area contributed by atoms with Crippen molar-refractivity contribution in [1.82, 2.24) is 0 Å². The number of allylic oxidation sites excluding steroid dienone is 2. The number of aliphatic hydroxyl groups excluding tert-OH is 10. The molecule has 4 aliphatic heterocycles. The molecule has 0 aromatic heterocycles. The van der Waals surface area contributed by atoms with Gasteiger partial charge in [-0.3, -0.25) is 0 Å². The van der Waals surface area contributed by atoms with Crippen molar-refractivity contribution in [3.63, 3.8) is 0 Å². The molecule has 8 rings (SSSR count). The minimum absolute atomic E-state index is 0.00708. The van der Waals surface area contributed by atoms with Crippen molar-refractivity contribution in [2.24, 2.45) is 0 Å². The number of aromatic hydroxyl groups is 3. The molecule has 414 valence electrons. The van der Waals surface area contributed by atoms with E-state index in [0.29, 0.717) is 11.1 Å². The number of ether oxygens (including phenoxy) is 10. The number of esters is 2. The van der Waals surface area contributed by atoms with Crippen molar-refractivity contribution in [2.45, 2.75) is 98.2 Å². The number of rotatable bonds is 17. The molecular weight excluding hydrogens is 1020 g/mol. The van der Waals surface area contributed by atoms with E-state index < -0.39 is 136 Å². The lowest BCUT2D eigenvalue weighted by molar-refractivity contribution is -0.363. The third-order valence-corrected chi connectivity index (χ3v) is 12.7. The quantitative estimate of drug-likeness (QED) is 0.0577. The standard InChI is InChI=1S/C52H56O25/c1-68-33-16-24(4-13-30(33)57)6-15-39(59)70-22-37-42(62)45(65)49(77-51-47(67)44(64)41(61)36(75-51)21-69-38(58)14-5-23-2-9-26(54)10-3-23)52(76-37)73-34-19-29-31(71-48(34)25-7-11-27(55)12-8-25)17-28(56)18-32(29)72-50-46(66)43(63)40(60)35(20-53)74-50/h2-19,31,35-37,40-47,49-57,60-67H,20-22H2,1H3/b14-5+,15-6+/t31?,35-,36-,37-,40-,41-,42-,43+,44+,45+,46-,47-,49-,50-,51+,52-/m1/s1. The molecule has 3 fully saturated rings. The number of hydrogen-bond donors (Lipinski definition) is 13. The van der Waals surface area contributed by atoms with Crippen LogP contribution in [0.3, 0.4) is 0 Å². The highest BCUT2D eigenvalue weighted by Gasteiger charge is 2.53. The Morgan fingerprint density at radius 3 is 1.77 bits per heavy atom. The zero-order valence-corrected chi connectivity index (χ0v) is 40.5. The smallest absolute Gasteiger partial charge is 0.330 e. The van der Waals surface area contributed by atoms with E-state index in [9.17, 15) is 76.0 Å². The second-order valence-electron chi connectivity index (χ2n) is 18.0. The maximum atomic E-state index is 13.0. The van der Waals surface area contributed by atoms with Crippen molar-refractivity contribution in [1.29, 1.82) is 0 Å². The van der Waals surface area contributed by atoms with Crippen molar-refractivity contribution in [3.05, 3.63) is 137 Å². The van der Waals surface area contributed by atoms with Crippen LogP contribution in [0.25, 0.3) is 17.9 Å². The summed E-state index contributed by atoms with van der Waals surface area (Å²) in [5, 5.41) is 139. The number of phenols is 3. The summed E-state index contributed by atoms with van der Waals surface area (Å²) in [6, 6.07) is 15.5. The lowest BCUT2D eigenvalue weighted by Crippen LogP contribution is -2.64. The molecular formula is C52H56O25. The fraction of sp³-hybridized carbons (Fsp3) is 0.385. The second-order valence-corrected chi connectivity index (χ2v) is 18.0. The molecule has 3 aromatic carbocycles. The molecule has 1 unspecified atom stereocenters. The average molecular weight is 1080 g/mol. The van der Waals surface area contributed by atoms with Gasteiger partial charge < -0.3 is 114 Å². The van der Waals surface area contributed by atoms with Crippen LogP contribution in [-0.2, 0) is 52.2 Å².